The van der Waals surface area contributed by atoms with Crippen molar-refractivity contribution in [1.82, 2.24) is 4.90 Å². The number of fused-ring (bicyclic) bond motifs is 1. The van der Waals surface area contributed by atoms with Gasteiger partial charge in [0, 0.05) is 19.6 Å². The molecule has 0 aliphatic carbocycles. The molecule has 5 nitrogen and oxygen atoms in total. The second-order valence-electron chi connectivity index (χ2n) is 4.92. The Labute approximate surface area is 106 Å². The predicted molar refractivity (Wildman–Crippen MR) is 65.0 cm³/mol. The van der Waals surface area contributed by atoms with E-state index in [1.54, 1.807) is 0 Å². The minimum Gasteiger partial charge on any atom is -0.454 e. The fraction of sp³-hybridized carbons (Fsp3) is 0.462. The zero-order valence-electron chi connectivity index (χ0n) is 10.1. The number of benzene rings is 1. The molecule has 2 aliphatic heterocycles. The smallest absolute Gasteiger partial charge is 0.231 e. The first-order valence-corrected chi connectivity index (χ1v) is 6.00. The third kappa shape index (κ3) is 2.01. The molecule has 0 bridgehead atoms. The SMILES string of the molecule is N#CC1(N)CCN(Cc2ccc3c(c2)OCO3)C1. The maximum absolute atomic E-state index is 9.00. The lowest BCUT2D eigenvalue weighted by Gasteiger charge is -2.17. The van der Waals surface area contributed by atoms with E-state index < -0.39 is 5.54 Å². The average molecular weight is 245 g/mol. The quantitative estimate of drug-likeness (QED) is 0.836. The van der Waals surface area contributed by atoms with Crippen molar-refractivity contribution < 1.29 is 9.47 Å². The van der Waals surface area contributed by atoms with Gasteiger partial charge in [-0.05, 0) is 24.1 Å². The molecule has 0 amide bonds. The highest BCUT2D eigenvalue weighted by Crippen LogP contribution is 2.33. The zero-order valence-corrected chi connectivity index (χ0v) is 10.1. The van der Waals surface area contributed by atoms with Gasteiger partial charge < -0.3 is 15.2 Å². The first-order chi connectivity index (χ1) is 8.68. The number of nitriles is 1. The Balaban J connectivity index is 1.69. The van der Waals surface area contributed by atoms with Crippen LogP contribution in [-0.2, 0) is 6.54 Å². The summed E-state index contributed by atoms with van der Waals surface area (Å²) in [6, 6.07) is 8.13. The van der Waals surface area contributed by atoms with Crippen molar-refractivity contribution in [1.29, 1.82) is 5.26 Å². The summed E-state index contributed by atoms with van der Waals surface area (Å²) >= 11 is 0. The van der Waals surface area contributed by atoms with Crippen molar-refractivity contribution in [3.05, 3.63) is 23.8 Å². The molecule has 0 spiro atoms. The highest BCUT2D eigenvalue weighted by molar-refractivity contribution is 5.44. The lowest BCUT2D eigenvalue weighted by atomic mass is 10.0. The molecule has 2 aliphatic rings. The van der Waals surface area contributed by atoms with Gasteiger partial charge in [0.05, 0.1) is 6.07 Å². The zero-order chi connectivity index (χ0) is 12.6. The summed E-state index contributed by atoms with van der Waals surface area (Å²) in [6.45, 7) is 2.57. The maximum Gasteiger partial charge on any atom is 0.231 e. The summed E-state index contributed by atoms with van der Waals surface area (Å²) in [6.07, 6.45) is 0.730. The second kappa shape index (κ2) is 4.16. The van der Waals surface area contributed by atoms with E-state index >= 15 is 0 Å². The predicted octanol–water partition coefficient (Wildman–Crippen LogP) is 0.842. The Hall–Kier alpha value is -1.77. The van der Waals surface area contributed by atoms with Crippen LogP contribution in [0.25, 0.3) is 0 Å². The highest BCUT2D eigenvalue weighted by atomic mass is 16.7. The van der Waals surface area contributed by atoms with Crippen LogP contribution in [0.5, 0.6) is 11.5 Å². The molecule has 1 saturated heterocycles. The molecule has 1 aromatic carbocycles. The van der Waals surface area contributed by atoms with Crippen LogP contribution in [0.15, 0.2) is 18.2 Å². The van der Waals surface area contributed by atoms with Gasteiger partial charge in [-0.3, -0.25) is 4.90 Å². The number of hydrogen-bond donors (Lipinski definition) is 1. The Bertz CT molecular complexity index is 511. The molecular weight excluding hydrogens is 230 g/mol. The third-order valence-corrected chi connectivity index (χ3v) is 3.45. The van der Waals surface area contributed by atoms with Crippen molar-refractivity contribution >= 4 is 0 Å². The molecule has 3 rings (SSSR count). The average Bonchev–Trinajstić information content (AvgIpc) is 2.96. The van der Waals surface area contributed by atoms with Gasteiger partial charge in [0.1, 0.15) is 5.54 Å². The Kier molecular flexibility index (Phi) is 2.62. The van der Waals surface area contributed by atoms with Crippen LogP contribution >= 0.6 is 0 Å². The third-order valence-electron chi connectivity index (χ3n) is 3.45. The highest BCUT2D eigenvalue weighted by Gasteiger charge is 2.34. The molecule has 0 radical (unpaired) electrons. The molecule has 1 atom stereocenters. The van der Waals surface area contributed by atoms with Crippen LogP contribution in [-0.4, -0.2) is 30.3 Å². The number of ether oxygens (including phenoxy) is 2. The summed E-state index contributed by atoms with van der Waals surface area (Å²) in [7, 11) is 0. The molecule has 5 heteroatoms. The Morgan fingerprint density at radius 1 is 1.39 bits per heavy atom. The molecule has 94 valence electrons. The molecule has 0 saturated carbocycles. The van der Waals surface area contributed by atoms with E-state index in [9.17, 15) is 0 Å². The topological polar surface area (TPSA) is 71.5 Å². The molecule has 18 heavy (non-hydrogen) atoms. The van der Waals surface area contributed by atoms with Crippen LogP contribution in [0.4, 0.5) is 0 Å². The van der Waals surface area contributed by atoms with Gasteiger partial charge >= 0.3 is 0 Å². The summed E-state index contributed by atoms with van der Waals surface area (Å²) < 4.78 is 10.6. The first kappa shape index (κ1) is 11.3. The van der Waals surface area contributed by atoms with Gasteiger partial charge in [-0.25, -0.2) is 0 Å². The van der Waals surface area contributed by atoms with Gasteiger partial charge in [-0.15, -0.1) is 0 Å². The molecule has 1 unspecified atom stereocenters. The van der Waals surface area contributed by atoms with Crippen LogP contribution in [0.3, 0.4) is 0 Å². The Morgan fingerprint density at radius 3 is 3.00 bits per heavy atom. The van der Waals surface area contributed by atoms with E-state index in [1.165, 1.54) is 0 Å². The summed E-state index contributed by atoms with van der Waals surface area (Å²) in [5.41, 5.74) is 6.42. The van der Waals surface area contributed by atoms with Crippen molar-refractivity contribution in [2.24, 2.45) is 5.73 Å². The van der Waals surface area contributed by atoms with E-state index in [-0.39, 0.29) is 0 Å². The lowest BCUT2D eigenvalue weighted by molar-refractivity contribution is 0.174. The maximum atomic E-state index is 9.00. The van der Waals surface area contributed by atoms with Crippen LogP contribution in [0.2, 0.25) is 0 Å². The normalized spacial score (nSPS) is 26.2. The van der Waals surface area contributed by atoms with Gasteiger partial charge in [0.2, 0.25) is 6.79 Å². The van der Waals surface area contributed by atoms with Gasteiger partial charge in [0.25, 0.3) is 0 Å². The standard InChI is InChI=1S/C13H15N3O2/c14-7-13(15)3-4-16(8-13)6-10-1-2-11-12(5-10)18-9-17-11/h1-2,5H,3-4,6,8-9,15H2. The van der Waals surface area contributed by atoms with Crippen molar-refractivity contribution in [3.8, 4) is 17.6 Å². The monoisotopic (exact) mass is 245 g/mol. The van der Waals surface area contributed by atoms with E-state index in [4.69, 9.17) is 20.5 Å². The minimum atomic E-state index is -0.684. The summed E-state index contributed by atoms with van der Waals surface area (Å²) in [5, 5.41) is 9.00. The molecule has 2 heterocycles. The van der Waals surface area contributed by atoms with Crippen molar-refractivity contribution in [2.45, 2.75) is 18.5 Å². The van der Waals surface area contributed by atoms with Gasteiger partial charge in [0.15, 0.2) is 11.5 Å². The second-order valence-corrected chi connectivity index (χ2v) is 4.92. The number of nitrogens with two attached hydrogens (primary N) is 1. The minimum absolute atomic E-state index is 0.294. The van der Waals surface area contributed by atoms with E-state index in [1.807, 2.05) is 18.2 Å². The fourth-order valence-electron chi connectivity index (χ4n) is 2.44. The number of nitrogens with zero attached hydrogens (tertiary/aromatic N) is 2. The molecule has 2 N–H and O–H groups in total. The van der Waals surface area contributed by atoms with E-state index in [0.29, 0.717) is 13.3 Å². The van der Waals surface area contributed by atoms with Gasteiger partial charge in [-0.2, -0.15) is 5.26 Å². The first-order valence-electron chi connectivity index (χ1n) is 6.00. The molecule has 1 aromatic rings. The van der Waals surface area contributed by atoms with E-state index in [0.717, 1.165) is 36.6 Å². The molecule has 1 fully saturated rings. The fourth-order valence-corrected chi connectivity index (χ4v) is 2.44. The number of rotatable bonds is 2. The summed E-state index contributed by atoms with van der Waals surface area (Å²) in [4.78, 5) is 2.20. The van der Waals surface area contributed by atoms with Crippen molar-refractivity contribution in [3.63, 3.8) is 0 Å². The Morgan fingerprint density at radius 2 is 2.22 bits per heavy atom. The summed E-state index contributed by atoms with van der Waals surface area (Å²) in [5.74, 6) is 1.59. The number of likely N-dealkylation sites (tertiary alicyclic amines) is 1. The van der Waals surface area contributed by atoms with Gasteiger partial charge in [-0.1, -0.05) is 6.07 Å². The van der Waals surface area contributed by atoms with Crippen molar-refractivity contribution in [2.75, 3.05) is 19.9 Å². The molecule has 0 aromatic heterocycles. The van der Waals surface area contributed by atoms with E-state index in [2.05, 4.69) is 11.0 Å². The number of hydrogen-bond acceptors (Lipinski definition) is 5. The largest absolute Gasteiger partial charge is 0.454 e. The van der Waals surface area contributed by atoms with Crippen LogP contribution in [0, 0.1) is 11.3 Å². The van der Waals surface area contributed by atoms with Crippen LogP contribution in [0.1, 0.15) is 12.0 Å². The molecular formula is C13H15N3O2. The van der Waals surface area contributed by atoms with Crippen LogP contribution < -0.4 is 15.2 Å². The lowest BCUT2D eigenvalue weighted by Crippen LogP contribution is -2.40.